The van der Waals surface area contributed by atoms with Crippen molar-refractivity contribution in [3.8, 4) is 0 Å². The molecule has 2 N–H and O–H groups in total. The van der Waals surface area contributed by atoms with Crippen molar-refractivity contribution in [1.29, 1.82) is 0 Å². The van der Waals surface area contributed by atoms with Crippen molar-refractivity contribution in [3.63, 3.8) is 0 Å². The summed E-state index contributed by atoms with van der Waals surface area (Å²) < 4.78 is 0. The zero-order valence-corrected chi connectivity index (χ0v) is 14.7. The number of nitrogens with one attached hydrogen (secondary N) is 1. The first-order valence-electron chi connectivity index (χ1n) is 9.18. The van der Waals surface area contributed by atoms with E-state index >= 15 is 0 Å². The van der Waals surface area contributed by atoms with Crippen LogP contribution in [0.1, 0.15) is 24.0 Å². The molecule has 1 saturated carbocycles. The first-order chi connectivity index (χ1) is 12.7. The number of hydrogen-bond acceptors (Lipinski definition) is 2. The standard InChI is InChI=1S/C23H23NO2/c25-22(15-18-9-6-8-17-7-4-5-12-21(17)18)24-16-23(26,20-13-14-20)19-10-2-1-3-11-19/h1-12,20,26H,13-16H2,(H,24,25)/t23-/m0/s1. The number of fused-ring (bicyclic) bond motifs is 1. The van der Waals surface area contributed by atoms with Crippen LogP contribution in [-0.4, -0.2) is 17.6 Å². The third kappa shape index (κ3) is 3.35. The second kappa shape index (κ2) is 6.93. The fraction of sp³-hybridized carbons (Fsp3) is 0.261. The predicted octanol–water partition coefficient (Wildman–Crippen LogP) is 3.80. The molecule has 1 fully saturated rings. The van der Waals surface area contributed by atoms with Crippen LogP contribution in [-0.2, 0) is 16.8 Å². The van der Waals surface area contributed by atoms with Crippen molar-refractivity contribution in [2.75, 3.05) is 6.54 Å². The van der Waals surface area contributed by atoms with Crippen molar-refractivity contribution >= 4 is 16.7 Å². The van der Waals surface area contributed by atoms with Gasteiger partial charge in [0.25, 0.3) is 0 Å². The maximum atomic E-state index is 12.6. The van der Waals surface area contributed by atoms with E-state index in [9.17, 15) is 9.90 Å². The molecule has 0 heterocycles. The molecule has 3 aromatic carbocycles. The van der Waals surface area contributed by atoms with Gasteiger partial charge < -0.3 is 10.4 Å². The van der Waals surface area contributed by atoms with Gasteiger partial charge in [-0.1, -0.05) is 72.8 Å². The maximum absolute atomic E-state index is 12.6. The molecule has 0 aliphatic heterocycles. The fourth-order valence-corrected chi connectivity index (χ4v) is 3.69. The third-order valence-corrected chi connectivity index (χ3v) is 5.31. The van der Waals surface area contributed by atoms with E-state index in [2.05, 4.69) is 17.4 Å². The minimum atomic E-state index is -0.977. The van der Waals surface area contributed by atoms with Gasteiger partial charge in [-0.25, -0.2) is 0 Å². The monoisotopic (exact) mass is 345 g/mol. The highest BCUT2D eigenvalue weighted by molar-refractivity contribution is 5.90. The normalized spacial score (nSPS) is 16.2. The Bertz CT molecular complexity index is 912. The van der Waals surface area contributed by atoms with E-state index in [4.69, 9.17) is 0 Å². The summed E-state index contributed by atoms with van der Waals surface area (Å²) in [6.45, 7) is 0.255. The quantitative estimate of drug-likeness (QED) is 0.714. The van der Waals surface area contributed by atoms with E-state index in [1.54, 1.807) is 0 Å². The van der Waals surface area contributed by atoms with Gasteiger partial charge in [0, 0.05) is 0 Å². The second-order valence-corrected chi connectivity index (χ2v) is 7.16. The zero-order valence-electron chi connectivity index (χ0n) is 14.7. The van der Waals surface area contributed by atoms with E-state index in [-0.39, 0.29) is 18.4 Å². The van der Waals surface area contributed by atoms with Gasteiger partial charge in [0.1, 0.15) is 5.60 Å². The summed E-state index contributed by atoms with van der Waals surface area (Å²) in [5.41, 5.74) is 0.915. The molecule has 1 aliphatic carbocycles. The van der Waals surface area contributed by atoms with Gasteiger partial charge in [-0.3, -0.25) is 4.79 Å². The summed E-state index contributed by atoms with van der Waals surface area (Å²) in [5.74, 6) is 0.166. The first-order valence-corrected chi connectivity index (χ1v) is 9.18. The van der Waals surface area contributed by atoms with Crippen LogP contribution in [0.5, 0.6) is 0 Å². The van der Waals surface area contributed by atoms with Crippen LogP contribution in [0.25, 0.3) is 10.8 Å². The number of carbonyl (C=O) groups excluding carboxylic acids is 1. The predicted molar refractivity (Wildman–Crippen MR) is 104 cm³/mol. The van der Waals surface area contributed by atoms with Crippen LogP contribution in [0.4, 0.5) is 0 Å². The molecule has 0 spiro atoms. The number of benzene rings is 3. The number of rotatable bonds is 6. The van der Waals surface area contributed by atoms with Crippen molar-refractivity contribution in [3.05, 3.63) is 83.9 Å². The Kier molecular flexibility index (Phi) is 4.48. The molecule has 4 rings (SSSR count). The summed E-state index contributed by atoms with van der Waals surface area (Å²) in [5, 5.41) is 16.4. The fourth-order valence-electron chi connectivity index (χ4n) is 3.69. The van der Waals surface area contributed by atoms with Crippen molar-refractivity contribution in [2.45, 2.75) is 24.9 Å². The van der Waals surface area contributed by atoms with Gasteiger partial charge in [-0.2, -0.15) is 0 Å². The summed E-state index contributed by atoms with van der Waals surface area (Å²) >= 11 is 0. The average molecular weight is 345 g/mol. The SMILES string of the molecule is O=C(Cc1cccc2ccccc12)NC[C@](O)(c1ccccc1)C1CC1. The van der Waals surface area contributed by atoms with E-state index < -0.39 is 5.60 Å². The molecule has 0 unspecified atom stereocenters. The highest BCUT2D eigenvalue weighted by Gasteiger charge is 2.45. The minimum absolute atomic E-state index is 0.0589. The number of amides is 1. The van der Waals surface area contributed by atoms with Crippen molar-refractivity contribution in [1.82, 2.24) is 5.32 Å². The van der Waals surface area contributed by atoms with Gasteiger partial charge in [0.05, 0.1) is 13.0 Å². The summed E-state index contributed by atoms with van der Waals surface area (Å²) in [6, 6.07) is 23.8. The summed E-state index contributed by atoms with van der Waals surface area (Å²) in [6.07, 6.45) is 2.33. The van der Waals surface area contributed by atoms with Crippen LogP contribution in [0.3, 0.4) is 0 Å². The molecule has 1 aliphatic rings. The Hall–Kier alpha value is -2.65. The third-order valence-electron chi connectivity index (χ3n) is 5.31. The van der Waals surface area contributed by atoms with Gasteiger partial charge in [-0.15, -0.1) is 0 Å². The Balaban J connectivity index is 1.48. The highest BCUT2D eigenvalue weighted by atomic mass is 16.3. The molecular weight excluding hydrogens is 322 g/mol. The van der Waals surface area contributed by atoms with Crippen LogP contribution < -0.4 is 5.32 Å². The van der Waals surface area contributed by atoms with Gasteiger partial charge in [-0.05, 0) is 40.7 Å². The molecular formula is C23H23NO2. The molecule has 0 aromatic heterocycles. The Labute approximate surface area is 153 Å². The summed E-state index contributed by atoms with van der Waals surface area (Å²) in [4.78, 5) is 12.6. The molecule has 1 amide bonds. The van der Waals surface area contributed by atoms with Gasteiger partial charge in [0.2, 0.25) is 5.91 Å². The number of hydrogen-bond donors (Lipinski definition) is 2. The molecule has 1 atom stereocenters. The van der Waals surface area contributed by atoms with E-state index in [0.717, 1.165) is 34.7 Å². The van der Waals surface area contributed by atoms with E-state index in [1.807, 2.05) is 60.7 Å². The topological polar surface area (TPSA) is 49.3 Å². The molecule has 132 valence electrons. The maximum Gasteiger partial charge on any atom is 0.224 e. The lowest BCUT2D eigenvalue weighted by molar-refractivity contribution is -0.122. The van der Waals surface area contributed by atoms with Crippen LogP contribution in [0.2, 0.25) is 0 Å². The molecule has 3 aromatic rings. The van der Waals surface area contributed by atoms with Crippen LogP contribution in [0, 0.1) is 5.92 Å². The van der Waals surface area contributed by atoms with Crippen molar-refractivity contribution < 1.29 is 9.90 Å². The van der Waals surface area contributed by atoms with Crippen LogP contribution >= 0.6 is 0 Å². The smallest absolute Gasteiger partial charge is 0.224 e. The average Bonchev–Trinajstić information content (AvgIpc) is 3.53. The second-order valence-electron chi connectivity index (χ2n) is 7.16. The lowest BCUT2D eigenvalue weighted by Crippen LogP contribution is -2.43. The molecule has 3 heteroatoms. The molecule has 0 saturated heterocycles. The summed E-state index contributed by atoms with van der Waals surface area (Å²) in [7, 11) is 0. The number of carbonyl (C=O) groups is 1. The van der Waals surface area contributed by atoms with Crippen molar-refractivity contribution in [2.24, 2.45) is 5.92 Å². The Morgan fingerprint density at radius 3 is 2.42 bits per heavy atom. The van der Waals surface area contributed by atoms with E-state index in [0.29, 0.717) is 6.42 Å². The van der Waals surface area contributed by atoms with Gasteiger partial charge in [0.15, 0.2) is 0 Å². The largest absolute Gasteiger partial charge is 0.383 e. The lowest BCUT2D eigenvalue weighted by atomic mass is 9.88. The van der Waals surface area contributed by atoms with Crippen LogP contribution in [0.15, 0.2) is 72.8 Å². The number of aliphatic hydroxyl groups is 1. The first kappa shape index (κ1) is 16.8. The zero-order chi connectivity index (χ0) is 18.0. The molecule has 26 heavy (non-hydrogen) atoms. The molecule has 3 nitrogen and oxygen atoms in total. The highest BCUT2D eigenvalue weighted by Crippen LogP contribution is 2.45. The Morgan fingerprint density at radius 2 is 1.65 bits per heavy atom. The van der Waals surface area contributed by atoms with Gasteiger partial charge >= 0.3 is 0 Å². The van der Waals surface area contributed by atoms with E-state index in [1.165, 1.54) is 0 Å². The molecule has 0 bridgehead atoms. The molecule has 0 radical (unpaired) electrons. The minimum Gasteiger partial charge on any atom is -0.383 e. The lowest BCUT2D eigenvalue weighted by Gasteiger charge is -2.29. The Morgan fingerprint density at radius 1 is 0.962 bits per heavy atom.